The van der Waals surface area contributed by atoms with Gasteiger partial charge in [-0.15, -0.1) is 0 Å². The molecule has 0 aliphatic carbocycles. The molecule has 1 heterocycles. The highest BCUT2D eigenvalue weighted by atomic mass is 15.3. The predicted octanol–water partition coefficient (Wildman–Crippen LogP) is 2.98. The maximum absolute atomic E-state index is 4.56. The number of nitrogens with one attached hydrogen (secondary N) is 1. The lowest BCUT2D eigenvalue weighted by molar-refractivity contribution is 0.519. The summed E-state index contributed by atoms with van der Waals surface area (Å²) in [7, 11) is 0. The zero-order chi connectivity index (χ0) is 12.7. The van der Waals surface area contributed by atoms with E-state index < -0.39 is 0 Å². The van der Waals surface area contributed by atoms with E-state index in [1.165, 1.54) is 42.6 Å². The molecule has 0 aromatic carbocycles. The van der Waals surface area contributed by atoms with E-state index in [-0.39, 0.29) is 0 Å². The van der Waals surface area contributed by atoms with Gasteiger partial charge in [-0.25, -0.2) is 0 Å². The van der Waals surface area contributed by atoms with Crippen LogP contribution in [0.4, 0.5) is 0 Å². The molecule has 1 aromatic heterocycles. The number of hydrogen-bond donors (Lipinski definition) is 1. The molecule has 3 heteroatoms. The molecular formula is C14H27N3. The molecule has 0 aliphatic rings. The Kier molecular flexibility index (Phi) is 6.27. The highest BCUT2D eigenvalue weighted by Gasteiger charge is 2.05. The van der Waals surface area contributed by atoms with Crippen molar-refractivity contribution < 1.29 is 0 Å². The first-order valence-corrected chi connectivity index (χ1v) is 6.88. The Morgan fingerprint density at radius 1 is 1.06 bits per heavy atom. The summed E-state index contributed by atoms with van der Waals surface area (Å²) in [5.41, 5.74) is 3.84. The number of unbranched alkanes of at least 4 members (excludes halogenated alkanes) is 2. The van der Waals surface area contributed by atoms with Gasteiger partial charge in [-0.1, -0.05) is 13.3 Å². The van der Waals surface area contributed by atoms with E-state index in [4.69, 9.17) is 0 Å². The average Bonchev–Trinajstić information content (AvgIpc) is 2.56. The van der Waals surface area contributed by atoms with Crippen LogP contribution in [-0.4, -0.2) is 22.9 Å². The van der Waals surface area contributed by atoms with Crippen LogP contribution >= 0.6 is 0 Å². The van der Waals surface area contributed by atoms with Crippen molar-refractivity contribution in [1.29, 1.82) is 0 Å². The molecule has 1 rings (SSSR count). The molecule has 0 radical (unpaired) electrons. The van der Waals surface area contributed by atoms with Gasteiger partial charge in [0.1, 0.15) is 0 Å². The van der Waals surface area contributed by atoms with Gasteiger partial charge in [-0.05, 0) is 58.7 Å². The molecule has 0 unspecified atom stereocenters. The van der Waals surface area contributed by atoms with Crippen LogP contribution in [0.25, 0.3) is 0 Å². The van der Waals surface area contributed by atoms with Crippen molar-refractivity contribution in [2.45, 2.75) is 59.9 Å². The molecule has 0 aliphatic heterocycles. The number of aryl methyl sites for hydroxylation is 2. The van der Waals surface area contributed by atoms with Gasteiger partial charge >= 0.3 is 0 Å². The fraction of sp³-hybridized carbons (Fsp3) is 0.786. The fourth-order valence-corrected chi connectivity index (χ4v) is 1.99. The summed E-state index contributed by atoms with van der Waals surface area (Å²) in [4.78, 5) is 0. The Hall–Kier alpha value is -0.830. The quantitative estimate of drug-likeness (QED) is 0.704. The Bertz CT molecular complexity index is 328. The minimum atomic E-state index is 1.06. The van der Waals surface area contributed by atoms with E-state index in [1.54, 1.807) is 0 Å². The van der Waals surface area contributed by atoms with Crippen LogP contribution in [0.15, 0.2) is 0 Å². The van der Waals surface area contributed by atoms with E-state index in [0.717, 1.165) is 19.6 Å². The maximum atomic E-state index is 4.56. The van der Waals surface area contributed by atoms with Gasteiger partial charge in [0.2, 0.25) is 0 Å². The van der Waals surface area contributed by atoms with Crippen molar-refractivity contribution in [3.05, 3.63) is 17.0 Å². The Morgan fingerprint density at radius 3 is 2.41 bits per heavy atom. The molecular weight excluding hydrogens is 210 g/mol. The zero-order valence-corrected chi connectivity index (χ0v) is 11.8. The maximum Gasteiger partial charge on any atom is 0.0625 e. The monoisotopic (exact) mass is 237 g/mol. The van der Waals surface area contributed by atoms with Crippen LogP contribution in [0, 0.1) is 20.8 Å². The van der Waals surface area contributed by atoms with Gasteiger partial charge in [-0.3, -0.25) is 4.68 Å². The van der Waals surface area contributed by atoms with Crippen LogP contribution < -0.4 is 5.32 Å². The van der Waals surface area contributed by atoms with Crippen LogP contribution in [-0.2, 0) is 6.54 Å². The van der Waals surface area contributed by atoms with Crippen molar-refractivity contribution in [2.24, 2.45) is 0 Å². The molecule has 17 heavy (non-hydrogen) atoms. The molecule has 0 spiro atoms. The van der Waals surface area contributed by atoms with Crippen molar-refractivity contribution in [3.63, 3.8) is 0 Å². The van der Waals surface area contributed by atoms with E-state index in [1.807, 2.05) is 0 Å². The summed E-state index contributed by atoms with van der Waals surface area (Å²) in [6.07, 6.45) is 5.02. The summed E-state index contributed by atoms with van der Waals surface area (Å²) in [6, 6.07) is 0. The summed E-state index contributed by atoms with van der Waals surface area (Å²) in [5, 5.41) is 7.99. The van der Waals surface area contributed by atoms with E-state index in [2.05, 4.69) is 42.8 Å². The summed E-state index contributed by atoms with van der Waals surface area (Å²) in [6.45, 7) is 12.0. The third-order valence-electron chi connectivity index (χ3n) is 3.39. The lowest BCUT2D eigenvalue weighted by atomic mass is 10.2. The first-order chi connectivity index (χ1) is 8.16. The van der Waals surface area contributed by atoms with Crippen LogP contribution in [0.3, 0.4) is 0 Å². The standard InChI is InChI=1S/C14H27N3/c1-5-9-15-10-7-6-8-11-17-14(4)12(2)13(3)16-17/h15H,5-11H2,1-4H3. The molecule has 0 saturated heterocycles. The second-order valence-corrected chi connectivity index (χ2v) is 4.83. The topological polar surface area (TPSA) is 29.9 Å². The molecule has 0 saturated carbocycles. The Balaban J connectivity index is 2.16. The summed E-state index contributed by atoms with van der Waals surface area (Å²) in [5.74, 6) is 0. The average molecular weight is 237 g/mol. The SMILES string of the molecule is CCCNCCCCCn1nc(C)c(C)c1C. The molecule has 1 aromatic rings. The van der Waals surface area contributed by atoms with E-state index >= 15 is 0 Å². The third kappa shape index (κ3) is 4.50. The molecule has 0 fully saturated rings. The van der Waals surface area contributed by atoms with Gasteiger partial charge in [0.15, 0.2) is 0 Å². The third-order valence-corrected chi connectivity index (χ3v) is 3.39. The highest BCUT2D eigenvalue weighted by molar-refractivity contribution is 5.21. The van der Waals surface area contributed by atoms with Crippen molar-refractivity contribution in [2.75, 3.05) is 13.1 Å². The lowest BCUT2D eigenvalue weighted by Gasteiger charge is -2.05. The summed E-state index contributed by atoms with van der Waals surface area (Å²) >= 11 is 0. The van der Waals surface area contributed by atoms with Crippen molar-refractivity contribution in [3.8, 4) is 0 Å². The van der Waals surface area contributed by atoms with Gasteiger partial charge in [0, 0.05) is 12.2 Å². The second-order valence-electron chi connectivity index (χ2n) is 4.83. The fourth-order valence-electron chi connectivity index (χ4n) is 1.99. The minimum Gasteiger partial charge on any atom is -0.317 e. The molecule has 1 N–H and O–H groups in total. The lowest BCUT2D eigenvalue weighted by Crippen LogP contribution is -2.15. The minimum absolute atomic E-state index is 1.06. The zero-order valence-electron chi connectivity index (χ0n) is 11.8. The number of nitrogens with zero attached hydrogens (tertiary/aromatic N) is 2. The largest absolute Gasteiger partial charge is 0.317 e. The summed E-state index contributed by atoms with van der Waals surface area (Å²) < 4.78 is 2.16. The van der Waals surface area contributed by atoms with Crippen LogP contribution in [0.5, 0.6) is 0 Å². The van der Waals surface area contributed by atoms with E-state index in [9.17, 15) is 0 Å². The first-order valence-electron chi connectivity index (χ1n) is 6.88. The van der Waals surface area contributed by atoms with Crippen molar-refractivity contribution >= 4 is 0 Å². The predicted molar refractivity (Wildman–Crippen MR) is 73.4 cm³/mol. The number of aromatic nitrogens is 2. The van der Waals surface area contributed by atoms with Gasteiger partial charge in [-0.2, -0.15) is 5.10 Å². The number of hydrogen-bond acceptors (Lipinski definition) is 2. The smallest absolute Gasteiger partial charge is 0.0625 e. The second kappa shape index (κ2) is 7.49. The van der Waals surface area contributed by atoms with Crippen LogP contribution in [0.1, 0.15) is 49.6 Å². The molecule has 0 atom stereocenters. The van der Waals surface area contributed by atoms with Gasteiger partial charge in [0.05, 0.1) is 5.69 Å². The highest BCUT2D eigenvalue weighted by Crippen LogP contribution is 2.11. The first kappa shape index (κ1) is 14.2. The molecule has 98 valence electrons. The Labute approximate surface area is 106 Å². The van der Waals surface area contributed by atoms with Crippen molar-refractivity contribution in [1.82, 2.24) is 15.1 Å². The molecule has 3 nitrogen and oxygen atoms in total. The van der Waals surface area contributed by atoms with Crippen LogP contribution in [0.2, 0.25) is 0 Å². The molecule has 0 amide bonds. The normalized spacial score (nSPS) is 11.1. The molecule has 0 bridgehead atoms. The number of rotatable bonds is 8. The Morgan fingerprint density at radius 2 is 1.82 bits per heavy atom. The van der Waals surface area contributed by atoms with Gasteiger partial charge in [0.25, 0.3) is 0 Å². The van der Waals surface area contributed by atoms with Gasteiger partial charge < -0.3 is 5.32 Å². The van der Waals surface area contributed by atoms with E-state index in [0.29, 0.717) is 0 Å².